The normalized spacial score (nSPS) is 10.5. The van der Waals surface area contributed by atoms with E-state index in [1.807, 2.05) is 32.0 Å². The summed E-state index contributed by atoms with van der Waals surface area (Å²) in [6, 6.07) is 10.9. The Hall–Kier alpha value is -4.05. The van der Waals surface area contributed by atoms with Gasteiger partial charge in [0.05, 0.1) is 22.0 Å². The molecule has 0 bridgehead atoms. The van der Waals surface area contributed by atoms with Crippen molar-refractivity contribution in [3.8, 4) is 0 Å². The summed E-state index contributed by atoms with van der Waals surface area (Å²) < 4.78 is 5.13. The van der Waals surface area contributed by atoms with Crippen LogP contribution in [0.5, 0.6) is 0 Å². The van der Waals surface area contributed by atoms with Gasteiger partial charge in [-0.15, -0.1) is 11.3 Å². The van der Waals surface area contributed by atoms with E-state index in [1.165, 1.54) is 18.2 Å². The SMILES string of the molecule is CCOC(=O)c1c(NC(=O)c2cccc([N+](=O)[O-])c2)sc(C(=O)Nc2cc(C)ccc2C)c1C. The molecular formula is C24H23N3O6S. The van der Waals surface area contributed by atoms with E-state index in [1.54, 1.807) is 13.8 Å². The number of esters is 1. The largest absolute Gasteiger partial charge is 0.462 e. The number of aryl methyl sites for hydroxylation is 2. The summed E-state index contributed by atoms with van der Waals surface area (Å²) in [4.78, 5) is 49.2. The molecule has 2 amide bonds. The van der Waals surface area contributed by atoms with Crippen LogP contribution in [0.25, 0.3) is 0 Å². The second kappa shape index (κ2) is 10.3. The van der Waals surface area contributed by atoms with Gasteiger partial charge in [-0.2, -0.15) is 0 Å². The van der Waals surface area contributed by atoms with Crippen LogP contribution in [0.2, 0.25) is 0 Å². The van der Waals surface area contributed by atoms with E-state index in [0.717, 1.165) is 28.5 Å². The third-order valence-corrected chi connectivity index (χ3v) is 6.23. The number of amides is 2. The maximum Gasteiger partial charge on any atom is 0.341 e. The van der Waals surface area contributed by atoms with Gasteiger partial charge in [-0.3, -0.25) is 19.7 Å². The van der Waals surface area contributed by atoms with Gasteiger partial charge in [0, 0.05) is 23.4 Å². The highest BCUT2D eigenvalue weighted by atomic mass is 32.1. The number of non-ortho nitro benzene ring substituents is 1. The van der Waals surface area contributed by atoms with Gasteiger partial charge in [-0.05, 0) is 56.5 Å². The third kappa shape index (κ3) is 5.29. The average molecular weight is 482 g/mol. The summed E-state index contributed by atoms with van der Waals surface area (Å²) in [6.45, 7) is 7.13. The number of thiophene rings is 1. The van der Waals surface area contributed by atoms with E-state index in [-0.39, 0.29) is 33.3 Å². The van der Waals surface area contributed by atoms with Crippen molar-refractivity contribution in [2.24, 2.45) is 0 Å². The number of nitrogens with one attached hydrogen (secondary N) is 2. The molecule has 0 spiro atoms. The maximum atomic E-state index is 13.1. The molecule has 0 saturated heterocycles. The van der Waals surface area contributed by atoms with Crippen LogP contribution < -0.4 is 10.6 Å². The minimum Gasteiger partial charge on any atom is -0.462 e. The predicted molar refractivity (Wildman–Crippen MR) is 130 cm³/mol. The molecule has 2 aromatic carbocycles. The van der Waals surface area contributed by atoms with Crippen molar-refractivity contribution in [2.75, 3.05) is 17.2 Å². The second-order valence-corrected chi connectivity index (χ2v) is 8.54. The number of benzene rings is 2. The molecule has 0 aliphatic heterocycles. The van der Waals surface area contributed by atoms with Crippen LogP contribution in [-0.4, -0.2) is 29.3 Å². The van der Waals surface area contributed by atoms with Crippen molar-refractivity contribution in [3.05, 3.63) is 85.3 Å². The van der Waals surface area contributed by atoms with E-state index in [2.05, 4.69) is 10.6 Å². The zero-order valence-electron chi connectivity index (χ0n) is 19.1. The molecule has 9 nitrogen and oxygen atoms in total. The Balaban J connectivity index is 1.97. The van der Waals surface area contributed by atoms with Crippen LogP contribution in [0, 0.1) is 30.9 Å². The third-order valence-electron chi connectivity index (χ3n) is 5.02. The monoisotopic (exact) mass is 481 g/mol. The summed E-state index contributed by atoms with van der Waals surface area (Å²) in [6.07, 6.45) is 0. The number of nitro groups is 1. The fourth-order valence-electron chi connectivity index (χ4n) is 3.25. The highest BCUT2D eigenvalue weighted by Crippen LogP contribution is 2.35. The zero-order chi connectivity index (χ0) is 25.0. The van der Waals surface area contributed by atoms with Crippen LogP contribution in [0.15, 0.2) is 42.5 Å². The summed E-state index contributed by atoms with van der Waals surface area (Å²) in [5, 5.41) is 16.6. The topological polar surface area (TPSA) is 128 Å². The Labute approximate surface area is 199 Å². The molecule has 0 atom stereocenters. The summed E-state index contributed by atoms with van der Waals surface area (Å²) in [5.74, 6) is -1.77. The molecule has 3 rings (SSSR count). The molecule has 1 heterocycles. The first-order valence-electron chi connectivity index (χ1n) is 10.4. The highest BCUT2D eigenvalue weighted by Gasteiger charge is 2.27. The molecule has 0 saturated carbocycles. The second-order valence-electron chi connectivity index (χ2n) is 7.51. The molecule has 0 fully saturated rings. The number of hydrogen-bond donors (Lipinski definition) is 2. The Morgan fingerprint density at radius 2 is 1.76 bits per heavy atom. The fraction of sp³-hybridized carbons (Fsp3) is 0.208. The molecule has 176 valence electrons. The smallest absolute Gasteiger partial charge is 0.341 e. The number of carbonyl (C=O) groups excluding carboxylic acids is 3. The van der Waals surface area contributed by atoms with Gasteiger partial charge < -0.3 is 15.4 Å². The molecule has 0 unspecified atom stereocenters. The number of hydrogen-bond acceptors (Lipinski definition) is 7. The number of rotatable bonds is 7. The van der Waals surface area contributed by atoms with Crippen LogP contribution in [0.1, 0.15) is 54.0 Å². The molecule has 0 aliphatic carbocycles. The molecule has 2 N–H and O–H groups in total. The van der Waals surface area contributed by atoms with Crippen LogP contribution in [0.4, 0.5) is 16.4 Å². The molecule has 10 heteroatoms. The number of nitrogens with zero attached hydrogens (tertiary/aromatic N) is 1. The lowest BCUT2D eigenvalue weighted by Crippen LogP contribution is -2.15. The predicted octanol–water partition coefficient (Wildman–Crippen LogP) is 5.26. The van der Waals surface area contributed by atoms with Crippen molar-refractivity contribution >= 4 is 45.5 Å². The lowest BCUT2D eigenvalue weighted by molar-refractivity contribution is -0.384. The zero-order valence-corrected chi connectivity index (χ0v) is 19.9. The first-order valence-corrected chi connectivity index (χ1v) is 11.2. The number of anilines is 2. The first-order chi connectivity index (χ1) is 16.1. The summed E-state index contributed by atoms with van der Waals surface area (Å²) >= 11 is 0.933. The molecular weight excluding hydrogens is 458 g/mol. The lowest BCUT2D eigenvalue weighted by atomic mass is 10.1. The van der Waals surface area contributed by atoms with Gasteiger partial charge >= 0.3 is 5.97 Å². The number of carbonyl (C=O) groups is 3. The fourth-order valence-corrected chi connectivity index (χ4v) is 4.34. The van der Waals surface area contributed by atoms with Gasteiger partial charge in [0.25, 0.3) is 17.5 Å². The van der Waals surface area contributed by atoms with Crippen LogP contribution >= 0.6 is 11.3 Å². The van der Waals surface area contributed by atoms with Crippen molar-refractivity contribution in [1.82, 2.24) is 0 Å². The molecule has 3 aromatic rings. The number of ether oxygens (including phenoxy) is 1. The molecule has 0 radical (unpaired) electrons. The van der Waals surface area contributed by atoms with Gasteiger partial charge in [0.1, 0.15) is 5.00 Å². The highest BCUT2D eigenvalue weighted by molar-refractivity contribution is 7.19. The van der Waals surface area contributed by atoms with E-state index in [9.17, 15) is 24.5 Å². The lowest BCUT2D eigenvalue weighted by Gasteiger charge is -2.09. The molecule has 0 aliphatic rings. The van der Waals surface area contributed by atoms with Crippen molar-refractivity contribution < 1.29 is 24.0 Å². The van der Waals surface area contributed by atoms with Crippen LogP contribution in [-0.2, 0) is 4.74 Å². The Morgan fingerprint density at radius 3 is 2.44 bits per heavy atom. The van der Waals surface area contributed by atoms with Crippen molar-refractivity contribution in [3.63, 3.8) is 0 Å². The van der Waals surface area contributed by atoms with Crippen molar-refractivity contribution in [1.29, 1.82) is 0 Å². The van der Waals surface area contributed by atoms with Gasteiger partial charge in [-0.1, -0.05) is 18.2 Å². The number of nitro benzene ring substituents is 1. The van der Waals surface area contributed by atoms with E-state index in [4.69, 9.17) is 4.74 Å². The van der Waals surface area contributed by atoms with Crippen molar-refractivity contribution in [2.45, 2.75) is 27.7 Å². The minimum absolute atomic E-state index is 0.0384. The van der Waals surface area contributed by atoms with E-state index < -0.39 is 22.7 Å². The Bertz CT molecular complexity index is 1300. The Kier molecular flexibility index (Phi) is 7.42. The van der Waals surface area contributed by atoms with E-state index >= 15 is 0 Å². The quantitative estimate of drug-likeness (QED) is 0.269. The minimum atomic E-state index is -0.684. The van der Waals surface area contributed by atoms with Gasteiger partial charge in [-0.25, -0.2) is 4.79 Å². The molecule has 1 aromatic heterocycles. The first kappa shape index (κ1) is 24.6. The average Bonchev–Trinajstić information content (AvgIpc) is 3.12. The maximum absolute atomic E-state index is 13.1. The van der Waals surface area contributed by atoms with Crippen LogP contribution in [0.3, 0.4) is 0 Å². The standard InChI is InChI=1S/C24H23N3O6S/c1-5-33-24(30)19-15(4)20(22(29)25-18-11-13(2)9-10-14(18)3)34-23(19)26-21(28)16-7-6-8-17(12-16)27(31)32/h6-12H,5H2,1-4H3,(H,25,29)(H,26,28). The van der Waals surface area contributed by atoms with E-state index in [0.29, 0.717) is 11.3 Å². The summed E-state index contributed by atoms with van der Waals surface area (Å²) in [7, 11) is 0. The Morgan fingerprint density at radius 1 is 1.03 bits per heavy atom. The molecule has 34 heavy (non-hydrogen) atoms. The van der Waals surface area contributed by atoms with Gasteiger partial charge in [0.2, 0.25) is 0 Å². The summed E-state index contributed by atoms with van der Waals surface area (Å²) in [5.41, 5.74) is 2.71. The van der Waals surface area contributed by atoms with Gasteiger partial charge in [0.15, 0.2) is 0 Å².